The highest BCUT2D eigenvalue weighted by Crippen LogP contribution is 2.28. The van der Waals surface area contributed by atoms with Gasteiger partial charge in [0.25, 0.3) is 11.8 Å². The highest BCUT2D eigenvalue weighted by Gasteiger charge is 2.29. The van der Waals surface area contributed by atoms with E-state index >= 15 is 0 Å². The Labute approximate surface area is 162 Å². The van der Waals surface area contributed by atoms with E-state index < -0.39 is 24.0 Å². The highest BCUT2D eigenvalue weighted by atomic mass is 16.5. The monoisotopic (exact) mass is 382 g/mol. The predicted molar refractivity (Wildman–Crippen MR) is 103 cm³/mol. The standard InChI is InChI=1S/C21H22N2O5/c1-12(2)18(21(26)27)23-19(24)14-7-5-8-15(10-14)22-20(25)17-11-13-6-3-4-9-16(13)28-17/h3-10,12,17-18H,11H2,1-2H3,(H,22,25)(H,23,24)(H,26,27). The second-order valence-corrected chi connectivity index (χ2v) is 7.02. The van der Waals surface area contributed by atoms with E-state index in [-0.39, 0.29) is 17.4 Å². The largest absolute Gasteiger partial charge is 0.480 e. The van der Waals surface area contributed by atoms with Crippen molar-refractivity contribution in [3.8, 4) is 5.75 Å². The number of amides is 2. The predicted octanol–water partition coefficient (Wildman–Crippen LogP) is 2.47. The third-order valence-electron chi connectivity index (χ3n) is 4.55. The summed E-state index contributed by atoms with van der Waals surface area (Å²) in [6.45, 7) is 3.44. The zero-order valence-electron chi connectivity index (χ0n) is 15.6. The number of para-hydroxylation sites is 1. The maximum Gasteiger partial charge on any atom is 0.326 e. The minimum atomic E-state index is -1.09. The van der Waals surface area contributed by atoms with Gasteiger partial charge in [0.1, 0.15) is 11.8 Å². The van der Waals surface area contributed by atoms with E-state index in [0.29, 0.717) is 17.9 Å². The number of nitrogens with one attached hydrogen (secondary N) is 2. The summed E-state index contributed by atoms with van der Waals surface area (Å²) in [7, 11) is 0. The van der Waals surface area contributed by atoms with Crippen molar-refractivity contribution in [2.45, 2.75) is 32.4 Å². The van der Waals surface area contributed by atoms with Gasteiger partial charge in [-0.05, 0) is 35.7 Å². The van der Waals surface area contributed by atoms with Crippen LogP contribution in [0.4, 0.5) is 5.69 Å². The first-order valence-corrected chi connectivity index (χ1v) is 9.04. The normalized spacial score (nSPS) is 16.0. The van der Waals surface area contributed by atoms with Crippen LogP contribution in [0.1, 0.15) is 29.8 Å². The van der Waals surface area contributed by atoms with Gasteiger partial charge in [-0.1, -0.05) is 38.1 Å². The van der Waals surface area contributed by atoms with Crippen molar-refractivity contribution < 1.29 is 24.2 Å². The number of anilines is 1. The van der Waals surface area contributed by atoms with Gasteiger partial charge >= 0.3 is 5.97 Å². The van der Waals surface area contributed by atoms with Crippen molar-refractivity contribution in [3.63, 3.8) is 0 Å². The molecule has 3 N–H and O–H groups in total. The van der Waals surface area contributed by atoms with Crippen LogP contribution in [0.2, 0.25) is 0 Å². The molecule has 146 valence electrons. The van der Waals surface area contributed by atoms with E-state index in [1.54, 1.807) is 32.0 Å². The van der Waals surface area contributed by atoms with E-state index in [4.69, 9.17) is 4.74 Å². The van der Waals surface area contributed by atoms with Crippen LogP contribution in [-0.4, -0.2) is 35.0 Å². The molecule has 7 nitrogen and oxygen atoms in total. The molecule has 1 aliphatic heterocycles. The number of hydrogen-bond acceptors (Lipinski definition) is 4. The smallest absolute Gasteiger partial charge is 0.326 e. The molecule has 0 aromatic heterocycles. The zero-order chi connectivity index (χ0) is 20.3. The molecule has 1 aliphatic rings. The van der Waals surface area contributed by atoms with Crippen LogP contribution < -0.4 is 15.4 Å². The fourth-order valence-corrected chi connectivity index (χ4v) is 3.03. The van der Waals surface area contributed by atoms with Gasteiger partial charge in [0.15, 0.2) is 6.10 Å². The minimum absolute atomic E-state index is 0.259. The molecule has 2 unspecified atom stereocenters. The maximum atomic E-state index is 12.5. The first-order chi connectivity index (χ1) is 13.3. The fraction of sp³-hybridized carbons (Fsp3) is 0.286. The van der Waals surface area contributed by atoms with Gasteiger partial charge in [-0.3, -0.25) is 9.59 Å². The van der Waals surface area contributed by atoms with Gasteiger partial charge in [-0.25, -0.2) is 4.79 Å². The quantitative estimate of drug-likeness (QED) is 0.712. The third kappa shape index (κ3) is 4.31. The molecule has 28 heavy (non-hydrogen) atoms. The Kier molecular flexibility index (Phi) is 5.63. The SMILES string of the molecule is CC(C)C(NC(=O)c1cccc(NC(=O)C2Cc3ccccc3O2)c1)C(=O)O. The lowest BCUT2D eigenvalue weighted by atomic mass is 10.0. The number of rotatable bonds is 6. The lowest BCUT2D eigenvalue weighted by Crippen LogP contribution is -2.44. The van der Waals surface area contributed by atoms with E-state index in [1.165, 1.54) is 6.07 Å². The van der Waals surface area contributed by atoms with Crippen molar-refractivity contribution in [2.24, 2.45) is 5.92 Å². The van der Waals surface area contributed by atoms with Gasteiger partial charge in [0.05, 0.1) is 0 Å². The molecule has 0 fully saturated rings. The molecular weight excluding hydrogens is 360 g/mol. The summed E-state index contributed by atoms with van der Waals surface area (Å²) in [5.41, 5.74) is 1.68. The summed E-state index contributed by atoms with van der Waals surface area (Å²) in [6.07, 6.45) is -0.149. The number of ether oxygens (including phenoxy) is 1. The third-order valence-corrected chi connectivity index (χ3v) is 4.55. The van der Waals surface area contributed by atoms with Crippen LogP contribution >= 0.6 is 0 Å². The Morgan fingerprint density at radius 2 is 1.86 bits per heavy atom. The van der Waals surface area contributed by atoms with Crippen molar-refractivity contribution in [3.05, 3.63) is 59.7 Å². The lowest BCUT2D eigenvalue weighted by molar-refractivity contribution is -0.140. The summed E-state index contributed by atoms with van der Waals surface area (Å²) >= 11 is 0. The molecule has 0 saturated carbocycles. The maximum absolute atomic E-state index is 12.5. The Hall–Kier alpha value is -3.35. The molecule has 2 aromatic carbocycles. The van der Waals surface area contributed by atoms with Gasteiger partial charge < -0.3 is 20.5 Å². The van der Waals surface area contributed by atoms with Gasteiger partial charge in [0, 0.05) is 17.7 Å². The van der Waals surface area contributed by atoms with E-state index in [2.05, 4.69) is 10.6 Å². The molecule has 0 bridgehead atoms. The van der Waals surface area contributed by atoms with Gasteiger partial charge in [-0.15, -0.1) is 0 Å². The van der Waals surface area contributed by atoms with Crippen LogP contribution in [0.3, 0.4) is 0 Å². The molecule has 7 heteroatoms. The fourth-order valence-electron chi connectivity index (χ4n) is 3.03. The average Bonchev–Trinajstić information content (AvgIpc) is 3.10. The van der Waals surface area contributed by atoms with Gasteiger partial charge in [0.2, 0.25) is 0 Å². The summed E-state index contributed by atoms with van der Waals surface area (Å²) < 4.78 is 5.67. The van der Waals surface area contributed by atoms with Gasteiger partial charge in [-0.2, -0.15) is 0 Å². The van der Waals surface area contributed by atoms with E-state index in [1.807, 2.05) is 24.3 Å². The number of aliphatic carboxylic acids is 1. The van der Waals surface area contributed by atoms with E-state index in [9.17, 15) is 19.5 Å². The molecule has 2 atom stereocenters. The number of benzene rings is 2. The Balaban J connectivity index is 1.66. The van der Waals surface area contributed by atoms with Crippen molar-refractivity contribution in [1.82, 2.24) is 5.32 Å². The first kappa shape index (κ1) is 19.4. The Bertz CT molecular complexity index is 884. The van der Waals surface area contributed by atoms with Crippen molar-refractivity contribution in [1.29, 1.82) is 0 Å². The lowest BCUT2D eigenvalue weighted by Gasteiger charge is -2.18. The molecule has 2 aromatic rings. The number of hydrogen-bond donors (Lipinski definition) is 3. The number of carbonyl (C=O) groups excluding carboxylic acids is 2. The minimum Gasteiger partial charge on any atom is -0.480 e. The topological polar surface area (TPSA) is 105 Å². The number of carboxylic acid groups (broad SMARTS) is 1. The van der Waals surface area contributed by atoms with Crippen LogP contribution in [0, 0.1) is 5.92 Å². The number of carbonyl (C=O) groups is 3. The molecule has 1 heterocycles. The molecular formula is C21H22N2O5. The molecule has 0 aliphatic carbocycles. The molecule has 0 radical (unpaired) electrons. The second-order valence-electron chi connectivity index (χ2n) is 7.02. The summed E-state index contributed by atoms with van der Waals surface area (Å²) in [6, 6.07) is 12.8. The van der Waals surface area contributed by atoms with Crippen LogP contribution in [0.15, 0.2) is 48.5 Å². The number of fused-ring (bicyclic) bond motifs is 1. The van der Waals surface area contributed by atoms with E-state index in [0.717, 1.165) is 5.56 Å². The summed E-state index contributed by atoms with van der Waals surface area (Å²) in [5.74, 6) is -1.47. The second kappa shape index (κ2) is 8.12. The van der Waals surface area contributed by atoms with Crippen molar-refractivity contribution in [2.75, 3.05) is 5.32 Å². The number of carboxylic acids is 1. The van der Waals surface area contributed by atoms with Crippen LogP contribution in [-0.2, 0) is 16.0 Å². The van der Waals surface area contributed by atoms with Crippen molar-refractivity contribution >= 4 is 23.5 Å². The highest BCUT2D eigenvalue weighted by molar-refractivity contribution is 5.99. The zero-order valence-corrected chi connectivity index (χ0v) is 15.6. The summed E-state index contributed by atoms with van der Waals surface area (Å²) in [4.78, 5) is 36.2. The van der Waals surface area contributed by atoms with Crippen LogP contribution in [0.25, 0.3) is 0 Å². The summed E-state index contributed by atoms with van der Waals surface area (Å²) in [5, 5.41) is 14.5. The molecule has 3 rings (SSSR count). The molecule has 0 spiro atoms. The Morgan fingerprint density at radius 3 is 2.54 bits per heavy atom. The molecule has 0 saturated heterocycles. The Morgan fingerprint density at radius 1 is 1.11 bits per heavy atom. The first-order valence-electron chi connectivity index (χ1n) is 9.04. The molecule has 2 amide bonds. The van der Waals surface area contributed by atoms with Crippen LogP contribution in [0.5, 0.6) is 5.75 Å². The average molecular weight is 382 g/mol.